The summed E-state index contributed by atoms with van der Waals surface area (Å²) in [6, 6.07) is 16.2. The van der Waals surface area contributed by atoms with Gasteiger partial charge in [0.15, 0.2) is 0 Å². The molecule has 0 saturated carbocycles. The number of hydrogen-bond acceptors (Lipinski definition) is 3. The van der Waals surface area contributed by atoms with E-state index in [-0.39, 0.29) is 0 Å². The summed E-state index contributed by atoms with van der Waals surface area (Å²) in [4.78, 5) is 4.75. The number of rotatable bonds is 2. The van der Waals surface area contributed by atoms with Crippen LogP contribution in [0.3, 0.4) is 0 Å². The maximum Gasteiger partial charge on any atom is 0.0412 e. The first-order valence-corrected chi connectivity index (χ1v) is 10.0. The maximum atomic E-state index is 2.44. The first-order valence-electron chi connectivity index (χ1n) is 9.16. The zero-order chi connectivity index (χ0) is 17.5. The number of likely N-dealkylation sites (N-methyl/N-ethyl adjacent to an activating group) is 1. The van der Waals surface area contributed by atoms with Crippen molar-refractivity contribution in [2.75, 3.05) is 25.0 Å². The van der Waals surface area contributed by atoms with Crippen LogP contribution in [0.4, 0.5) is 5.69 Å². The number of allylic oxidation sites excluding steroid dienone is 2. The van der Waals surface area contributed by atoms with Crippen molar-refractivity contribution >= 4 is 27.1 Å². The summed E-state index contributed by atoms with van der Waals surface area (Å²) < 4.78 is 1.37. The lowest BCUT2D eigenvalue weighted by atomic mass is 9.84. The Kier molecular flexibility index (Phi) is 3.92. The Morgan fingerprint density at radius 3 is 2.88 bits per heavy atom. The Morgan fingerprint density at radius 2 is 2.00 bits per heavy atom. The lowest BCUT2D eigenvalue weighted by Crippen LogP contribution is -2.31. The van der Waals surface area contributed by atoms with Crippen molar-refractivity contribution in [2.24, 2.45) is 0 Å². The van der Waals surface area contributed by atoms with Gasteiger partial charge in [-0.2, -0.15) is 0 Å². The van der Waals surface area contributed by atoms with Crippen molar-refractivity contribution in [3.05, 3.63) is 89.0 Å². The number of fused-ring (bicyclic) bond motifs is 2. The average Bonchev–Trinajstić information content (AvgIpc) is 3.15. The molecule has 1 aromatic heterocycles. The average molecular weight is 359 g/mol. The highest BCUT2D eigenvalue weighted by molar-refractivity contribution is 7.17. The van der Waals surface area contributed by atoms with Crippen molar-refractivity contribution in [3.8, 4) is 0 Å². The fourth-order valence-electron chi connectivity index (χ4n) is 4.16. The van der Waals surface area contributed by atoms with Gasteiger partial charge in [-0.15, -0.1) is 11.3 Å². The van der Waals surface area contributed by atoms with Gasteiger partial charge in [-0.1, -0.05) is 24.3 Å². The molecule has 5 rings (SSSR count). The molecule has 0 fully saturated rings. The highest BCUT2D eigenvalue weighted by atomic mass is 32.1. The van der Waals surface area contributed by atoms with Gasteiger partial charge in [-0.3, -0.25) is 0 Å². The smallest absolute Gasteiger partial charge is 0.0412 e. The third-order valence-electron chi connectivity index (χ3n) is 5.46. The first-order chi connectivity index (χ1) is 12.8. The van der Waals surface area contributed by atoms with Crippen LogP contribution in [0.25, 0.3) is 10.1 Å². The molecule has 26 heavy (non-hydrogen) atoms. The van der Waals surface area contributed by atoms with Crippen LogP contribution in [0.1, 0.15) is 22.6 Å². The van der Waals surface area contributed by atoms with E-state index >= 15 is 0 Å². The van der Waals surface area contributed by atoms with Crippen molar-refractivity contribution in [1.82, 2.24) is 4.90 Å². The van der Waals surface area contributed by atoms with Crippen molar-refractivity contribution < 1.29 is 0 Å². The zero-order valence-electron chi connectivity index (χ0n) is 14.9. The van der Waals surface area contributed by atoms with Crippen LogP contribution in [-0.2, 0) is 6.54 Å². The lowest BCUT2D eigenvalue weighted by molar-refractivity contribution is 0.295. The quantitative estimate of drug-likeness (QED) is 0.608. The van der Waals surface area contributed by atoms with Gasteiger partial charge in [0.05, 0.1) is 0 Å². The van der Waals surface area contributed by atoms with Crippen LogP contribution in [-0.4, -0.2) is 25.0 Å². The predicted molar refractivity (Wildman–Crippen MR) is 112 cm³/mol. The second kappa shape index (κ2) is 6.42. The van der Waals surface area contributed by atoms with Gasteiger partial charge in [-0.25, -0.2) is 0 Å². The van der Waals surface area contributed by atoms with Gasteiger partial charge in [0.2, 0.25) is 0 Å². The normalized spacial score (nSPS) is 19.9. The topological polar surface area (TPSA) is 6.48 Å². The summed E-state index contributed by atoms with van der Waals surface area (Å²) in [6.07, 6.45) is 8.58. The molecule has 3 heterocycles. The molecule has 0 radical (unpaired) electrons. The molecule has 0 N–H and O–H groups in total. The van der Waals surface area contributed by atoms with Crippen LogP contribution in [0, 0.1) is 0 Å². The largest absolute Gasteiger partial charge is 0.344 e. The van der Waals surface area contributed by atoms with E-state index in [0.717, 1.165) is 19.6 Å². The fourth-order valence-corrected chi connectivity index (χ4v) is 4.93. The summed E-state index contributed by atoms with van der Waals surface area (Å²) in [5.74, 6) is 0.443. The van der Waals surface area contributed by atoms with E-state index in [2.05, 4.69) is 89.1 Å². The van der Waals surface area contributed by atoms with Gasteiger partial charge in [0.1, 0.15) is 0 Å². The molecule has 1 unspecified atom stereocenters. The van der Waals surface area contributed by atoms with E-state index in [1.54, 1.807) is 0 Å². The Hall–Kier alpha value is -2.36. The number of nitrogens with zero attached hydrogens (tertiary/aromatic N) is 2. The summed E-state index contributed by atoms with van der Waals surface area (Å²) in [5.41, 5.74) is 5.65. The maximum absolute atomic E-state index is 2.44. The molecule has 130 valence electrons. The second-order valence-electron chi connectivity index (χ2n) is 7.27. The molecule has 1 atom stereocenters. The van der Waals surface area contributed by atoms with Crippen LogP contribution in [0.2, 0.25) is 0 Å². The molecule has 3 heteroatoms. The third kappa shape index (κ3) is 2.77. The predicted octanol–water partition coefficient (Wildman–Crippen LogP) is 5.37. The van der Waals surface area contributed by atoms with E-state index in [1.807, 2.05) is 11.3 Å². The number of thiophene rings is 1. The molecule has 0 saturated heterocycles. The highest BCUT2D eigenvalue weighted by Crippen LogP contribution is 2.36. The van der Waals surface area contributed by atoms with E-state index in [9.17, 15) is 0 Å². The van der Waals surface area contributed by atoms with Gasteiger partial charge < -0.3 is 9.80 Å². The molecule has 2 aromatic carbocycles. The monoisotopic (exact) mass is 358 g/mol. The first kappa shape index (κ1) is 15.9. The van der Waals surface area contributed by atoms with Crippen molar-refractivity contribution in [2.45, 2.75) is 12.5 Å². The van der Waals surface area contributed by atoms with Crippen molar-refractivity contribution in [3.63, 3.8) is 0 Å². The Labute approximate surface area is 158 Å². The van der Waals surface area contributed by atoms with E-state index < -0.39 is 0 Å². The second-order valence-corrected chi connectivity index (χ2v) is 8.22. The molecule has 2 nitrogen and oxygen atoms in total. The highest BCUT2D eigenvalue weighted by Gasteiger charge is 2.25. The molecule has 3 aromatic rings. The minimum absolute atomic E-state index is 0.443. The van der Waals surface area contributed by atoms with Gasteiger partial charge in [-0.05, 0) is 70.9 Å². The van der Waals surface area contributed by atoms with Crippen LogP contribution >= 0.6 is 11.3 Å². The van der Waals surface area contributed by atoms with Crippen LogP contribution < -0.4 is 4.90 Å². The molecule has 0 spiro atoms. The minimum atomic E-state index is 0.443. The molecule has 0 amide bonds. The number of hydrogen-bond donors (Lipinski definition) is 0. The molecular formula is C23H22N2S. The van der Waals surface area contributed by atoms with E-state index in [4.69, 9.17) is 0 Å². The lowest BCUT2D eigenvalue weighted by Gasteiger charge is -2.34. The van der Waals surface area contributed by atoms with Gasteiger partial charge in [0, 0.05) is 42.1 Å². The molecule has 0 bridgehead atoms. The molecule has 2 aliphatic rings. The van der Waals surface area contributed by atoms with Gasteiger partial charge >= 0.3 is 0 Å². The SMILES string of the molecule is CN1Cc2cc(N3C=CC=CC3)ccc2C(c2ccc3sccc3c2)C1. The Balaban J connectivity index is 1.55. The Morgan fingerprint density at radius 1 is 1.04 bits per heavy atom. The minimum Gasteiger partial charge on any atom is -0.344 e. The number of benzene rings is 2. The fraction of sp³-hybridized carbons (Fsp3) is 0.217. The summed E-state index contributed by atoms with van der Waals surface area (Å²) in [7, 11) is 2.23. The van der Waals surface area contributed by atoms with Crippen LogP contribution in [0.15, 0.2) is 72.3 Å². The van der Waals surface area contributed by atoms with Crippen molar-refractivity contribution in [1.29, 1.82) is 0 Å². The summed E-state index contributed by atoms with van der Waals surface area (Å²) >= 11 is 1.82. The third-order valence-corrected chi connectivity index (χ3v) is 6.36. The summed E-state index contributed by atoms with van der Waals surface area (Å²) in [6.45, 7) is 3.05. The Bertz CT molecular complexity index is 1010. The van der Waals surface area contributed by atoms with Crippen LogP contribution in [0.5, 0.6) is 0 Å². The molecule has 0 aliphatic carbocycles. The van der Waals surface area contributed by atoms with E-state index in [0.29, 0.717) is 5.92 Å². The zero-order valence-corrected chi connectivity index (χ0v) is 15.7. The molecule has 2 aliphatic heterocycles. The van der Waals surface area contributed by atoms with E-state index in [1.165, 1.54) is 32.5 Å². The molecular weight excluding hydrogens is 336 g/mol. The van der Waals surface area contributed by atoms with Gasteiger partial charge in [0.25, 0.3) is 0 Å². The number of anilines is 1. The standard InChI is InChI=1S/C23H22N2S/c1-24-15-19-14-20(25-10-3-2-4-11-25)6-7-21(19)22(16-24)17-5-8-23-18(13-17)9-12-26-23/h2-10,12-14,22H,11,15-16H2,1H3. The summed E-state index contributed by atoms with van der Waals surface area (Å²) in [5, 5.41) is 3.55.